The molecule has 9 heteroatoms. The van der Waals surface area contributed by atoms with Gasteiger partial charge in [-0.3, -0.25) is 9.59 Å². The summed E-state index contributed by atoms with van der Waals surface area (Å²) in [6, 6.07) is 12.5. The van der Waals surface area contributed by atoms with Gasteiger partial charge in [-0.25, -0.2) is 9.07 Å². The number of hydrogen-bond acceptors (Lipinski definition) is 5. The van der Waals surface area contributed by atoms with E-state index in [4.69, 9.17) is 4.74 Å². The van der Waals surface area contributed by atoms with Crippen molar-refractivity contribution in [2.45, 2.75) is 64.1 Å². The van der Waals surface area contributed by atoms with E-state index in [1.165, 1.54) is 15.6 Å². The van der Waals surface area contributed by atoms with Crippen LogP contribution in [0.25, 0.3) is 11.0 Å². The Bertz CT molecular complexity index is 1160. The minimum absolute atomic E-state index is 0.0279. The number of carbonyl (C=O) groups excluding carboxylic acids is 2. The molecule has 3 aromatic rings. The van der Waals surface area contributed by atoms with Gasteiger partial charge in [0.1, 0.15) is 23.9 Å². The van der Waals surface area contributed by atoms with Crippen LogP contribution in [0.15, 0.2) is 48.5 Å². The lowest BCUT2D eigenvalue weighted by atomic mass is 9.94. The first-order valence-corrected chi connectivity index (χ1v) is 12.8. The molecule has 1 heterocycles. The molecule has 1 unspecified atom stereocenters. The summed E-state index contributed by atoms with van der Waals surface area (Å²) >= 11 is 0. The van der Waals surface area contributed by atoms with Crippen LogP contribution in [0.3, 0.4) is 0 Å². The molecule has 4 rings (SSSR count). The molecule has 192 valence electrons. The highest BCUT2D eigenvalue weighted by atomic mass is 19.1. The van der Waals surface area contributed by atoms with Crippen molar-refractivity contribution < 1.29 is 18.7 Å². The summed E-state index contributed by atoms with van der Waals surface area (Å²) < 4.78 is 22.1. The summed E-state index contributed by atoms with van der Waals surface area (Å²) in [7, 11) is 0. The fraction of sp³-hybridized carbons (Fsp3) is 0.481. The van der Waals surface area contributed by atoms with Gasteiger partial charge in [-0.1, -0.05) is 54.8 Å². The van der Waals surface area contributed by atoms with E-state index in [9.17, 15) is 9.59 Å². The Hall–Kier alpha value is -3.33. The summed E-state index contributed by atoms with van der Waals surface area (Å²) in [5, 5.41) is 11.4. The van der Waals surface area contributed by atoms with Crippen molar-refractivity contribution in [1.29, 1.82) is 0 Å². The van der Waals surface area contributed by atoms with Gasteiger partial charge in [0.05, 0.1) is 5.52 Å². The first-order chi connectivity index (χ1) is 17.6. The lowest BCUT2D eigenvalue weighted by Gasteiger charge is -2.33. The maximum atomic E-state index is 15.1. The molecule has 36 heavy (non-hydrogen) atoms. The molecular weight excluding hydrogens is 461 g/mol. The van der Waals surface area contributed by atoms with Crippen LogP contribution < -0.4 is 5.32 Å². The number of benzene rings is 2. The van der Waals surface area contributed by atoms with E-state index >= 15 is 4.39 Å². The number of nitrogens with zero attached hydrogens (tertiary/aromatic N) is 4. The minimum Gasteiger partial charge on any atom is -0.382 e. The summed E-state index contributed by atoms with van der Waals surface area (Å²) in [5.41, 5.74) is 1.57. The summed E-state index contributed by atoms with van der Waals surface area (Å²) in [6.45, 7) is 3.01. The maximum absolute atomic E-state index is 15.1. The third-order valence-electron chi connectivity index (χ3n) is 6.63. The number of para-hydroxylation sites is 1. The second-order valence-electron chi connectivity index (χ2n) is 9.14. The summed E-state index contributed by atoms with van der Waals surface area (Å²) in [5.74, 6) is -1.22. The minimum atomic E-state index is -1.10. The first-order valence-electron chi connectivity index (χ1n) is 12.8. The predicted molar refractivity (Wildman–Crippen MR) is 135 cm³/mol. The zero-order valence-corrected chi connectivity index (χ0v) is 20.7. The largest absolute Gasteiger partial charge is 0.382 e. The zero-order valence-electron chi connectivity index (χ0n) is 20.7. The van der Waals surface area contributed by atoms with Gasteiger partial charge in [-0.05, 0) is 44.4 Å². The van der Waals surface area contributed by atoms with Crippen molar-refractivity contribution in [2.24, 2.45) is 0 Å². The van der Waals surface area contributed by atoms with Gasteiger partial charge in [0.2, 0.25) is 11.8 Å². The van der Waals surface area contributed by atoms with Crippen LogP contribution in [0.2, 0.25) is 0 Å². The van der Waals surface area contributed by atoms with E-state index in [0.717, 1.165) is 32.1 Å². The molecule has 1 aromatic heterocycles. The smallest absolute Gasteiger partial charge is 0.247 e. The predicted octanol–water partition coefficient (Wildman–Crippen LogP) is 4.02. The highest BCUT2D eigenvalue weighted by Gasteiger charge is 2.34. The van der Waals surface area contributed by atoms with E-state index < -0.39 is 11.9 Å². The van der Waals surface area contributed by atoms with Gasteiger partial charge in [-0.15, -0.1) is 5.10 Å². The Labute approximate surface area is 210 Å². The molecule has 1 aliphatic rings. The van der Waals surface area contributed by atoms with Crippen LogP contribution >= 0.6 is 0 Å². The Morgan fingerprint density at radius 3 is 2.67 bits per heavy atom. The monoisotopic (exact) mass is 495 g/mol. The zero-order chi connectivity index (χ0) is 25.3. The second kappa shape index (κ2) is 12.6. The molecular formula is C27H34FN5O3. The normalized spacial score (nSPS) is 15.1. The molecule has 2 amide bonds. The molecule has 0 saturated heterocycles. The molecule has 1 fully saturated rings. The highest BCUT2D eigenvalue weighted by Crippen LogP contribution is 2.27. The third-order valence-corrected chi connectivity index (χ3v) is 6.63. The van der Waals surface area contributed by atoms with Crippen LogP contribution in [-0.4, -0.2) is 57.5 Å². The molecule has 0 bridgehead atoms. The lowest BCUT2D eigenvalue weighted by molar-refractivity contribution is -0.142. The van der Waals surface area contributed by atoms with Crippen LogP contribution in [-0.2, 0) is 20.9 Å². The van der Waals surface area contributed by atoms with Crippen molar-refractivity contribution in [3.8, 4) is 0 Å². The number of fused-ring (bicyclic) bond motifs is 1. The second-order valence-corrected chi connectivity index (χ2v) is 9.14. The molecule has 1 N–H and O–H groups in total. The molecule has 0 radical (unpaired) electrons. The van der Waals surface area contributed by atoms with E-state index in [1.54, 1.807) is 18.2 Å². The van der Waals surface area contributed by atoms with Crippen molar-refractivity contribution in [3.05, 3.63) is 59.9 Å². The van der Waals surface area contributed by atoms with Crippen molar-refractivity contribution >= 4 is 22.8 Å². The van der Waals surface area contributed by atoms with Gasteiger partial charge in [-0.2, -0.15) is 0 Å². The Balaban J connectivity index is 1.64. The Morgan fingerprint density at radius 1 is 1.14 bits per heavy atom. The quantitative estimate of drug-likeness (QED) is 0.406. The number of carbonyl (C=O) groups is 2. The Morgan fingerprint density at radius 2 is 1.89 bits per heavy atom. The number of amides is 2. The molecule has 1 saturated carbocycles. The van der Waals surface area contributed by atoms with E-state index in [1.807, 2.05) is 31.2 Å². The SMILES string of the molecule is CCOCCCN(C(=O)Cn1nnc2ccccc21)C(C(=O)NC1CCCCC1)c1ccccc1F. The molecule has 0 aliphatic heterocycles. The molecule has 2 aromatic carbocycles. The average molecular weight is 496 g/mol. The van der Waals surface area contributed by atoms with Crippen LogP contribution in [0.1, 0.15) is 57.1 Å². The number of aromatic nitrogens is 3. The molecule has 1 aliphatic carbocycles. The average Bonchev–Trinajstić information content (AvgIpc) is 3.30. The van der Waals surface area contributed by atoms with Gasteiger partial charge < -0.3 is 15.0 Å². The topological polar surface area (TPSA) is 89.3 Å². The molecule has 1 atom stereocenters. The lowest BCUT2D eigenvalue weighted by Crippen LogP contribution is -2.48. The van der Waals surface area contributed by atoms with E-state index in [2.05, 4.69) is 15.6 Å². The van der Waals surface area contributed by atoms with Crippen molar-refractivity contribution in [1.82, 2.24) is 25.2 Å². The molecule has 0 spiro atoms. The van der Waals surface area contributed by atoms with Gasteiger partial charge in [0.25, 0.3) is 0 Å². The number of halogens is 1. The van der Waals surface area contributed by atoms with Crippen molar-refractivity contribution in [2.75, 3.05) is 19.8 Å². The fourth-order valence-corrected chi connectivity index (χ4v) is 4.81. The van der Waals surface area contributed by atoms with E-state index in [-0.39, 0.29) is 36.5 Å². The Kier molecular flexibility index (Phi) is 9.00. The fourth-order valence-electron chi connectivity index (χ4n) is 4.81. The summed E-state index contributed by atoms with van der Waals surface area (Å²) in [4.78, 5) is 28.9. The first kappa shape index (κ1) is 25.8. The van der Waals surface area contributed by atoms with Gasteiger partial charge in [0, 0.05) is 31.4 Å². The van der Waals surface area contributed by atoms with Gasteiger partial charge >= 0.3 is 0 Å². The maximum Gasteiger partial charge on any atom is 0.247 e. The molecule has 8 nitrogen and oxygen atoms in total. The van der Waals surface area contributed by atoms with Crippen LogP contribution in [0.5, 0.6) is 0 Å². The number of hydrogen-bond donors (Lipinski definition) is 1. The number of nitrogens with one attached hydrogen (secondary N) is 1. The standard InChI is InChI=1S/C27H34FN5O3/c1-2-36-18-10-17-32(25(34)19-33-24-16-9-8-15-23(24)30-31-33)26(21-13-6-7-14-22(21)28)27(35)29-20-11-4-3-5-12-20/h6-9,13-16,20,26H,2-5,10-12,17-19H2,1H3,(H,29,35). The number of ether oxygens (including phenoxy) is 1. The number of rotatable bonds is 11. The van der Waals surface area contributed by atoms with Crippen LogP contribution in [0.4, 0.5) is 4.39 Å². The van der Waals surface area contributed by atoms with Gasteiger partial charge in [0.15, 0.2) is 0 Å². The summed E-state index contributed by atoms with van der Waals surface area (Å²) in [6.07, 6.45) is 5.53. The highest BCUT2D eigenvalue weighted by molar-refractivity contribution is 5.89. The van der Waals surface area contributed by atoms with E-state index in [0.29, 0.717) is 30.7 Å². The third kappa shape index (κ3) is 6.26. The van der Waals surface area contributed by atoms with Crippen molar-refractivity contribution in [3.63, 3.8) is 0 Å². The van der Waals surface area contributed by atoms with Crippen LogP contribution in [0, 0.1) is 5.82 Å².